The van der Waals surface area contributed by atoms with Crippen molar-refractivity contribution in [3.8, 4) is 0 Å². The SMILES string of the molecule is COCC1(n2c(NSC(C)C(OC)c3ncc(Cl)cn3)nnc2C2CCC2)CC1. The number of nitrogens with zero attached hydrogens (tertiary/aromatic N) is 5. The molecule has 0 saturated heterocycles. The molecule has 1 N–H and O–H groups in total. The molecule has 2 aromatic heterocycles. The smallest absolute Gasteiger partial charge is 0.235 e. The van der Waals surface area contributed by atoms with Crippen LogP contribution in [-0.2, 0) is 15.0 Å². The van der Waals surface area contributed by atoms with Gasteiger partial charge in [-0.05, 0) is 44.6 Å². The number of hydrogen-bond donors (Lipinski definition) is 1. The van der Waals surface area contributed by atoms with E-state index >= 15 is 0 Å². The fraction of sp³-hybridized carbons (Fsp3) is 0.684. The summed E-state index contributed by atoms with van der Waals surface area (Å²) in [7, 11) is 3.42. The summed E-state index contributed by atoms with van der Waals surface area (Å²) < 4.78 is 16.9. The molecule has 0 spiro atoms. The Labute approximate surface area is 180 Å². The van der Waals surface area contributed by atoms with Crippen molar-refractivity contribution in [2.24, 2.45) is 0 Å². The molecule has 4 rings (SSSR count). The average molecular weight is 439 g/mol. The number of rotatable bonds is 10. The van der Waals surface area contributed by atoms with E-state index in [0.717, 1.165) is 24.6 Å². The normalized spacial score (nSPS) is 20.1. The van der Waals surface area contributed by atoms with Crippen molar-refractivity contribution >= 4 is 29.5 Å². The van der Waals surface area contributed by atoms with Gasteiger partial charge < -0.3 is 9.47 Å². The topological polar surface area (TPSA) is 87.0 Å². The highest BCUT2D eigenvalue weighted by Gasteiger charge is 2.49. The van der Waals surface area contributed by atoms with E-state index in [2.05, 4.69) is 36.4 Å². The number of ether oxygens (including phenoxy) is 2. The van der Waals surface area contributed by atoms with Gasteiger partial charge in [-0.25, -0.2) is 9.97 Å². The van der Waals surface area contributed by atoms with Gasteiger partial charge in [0.1, 0.15) is 11.9 Å². The van der Waals surface area contributed by atoms with E-state index in [-0.39, 0.29) is 16.9 Å². The van der Waals surface area contributed by atoms with Gasteiger partial charge in [0.15, 0.2) is 5.82 Å². The number of anilines is 1. The molecule has 2 atom stereocenters. The lowest BCUT2D eigenvalue weighted by atomic mass is 9.84. The van der Waals surface area contributed by atoms with Crippen molar-refractivity contribution in [3.05, 3.63) is 29.1 Å². The Kier molecular flexibility index (Phi) is 6.29. The third-order valence-corrected chi connectivity index (χ3v) is 6.90. The Balaban J connectivity index is 1.50. The first-order chi connectivity index (χ1) is 14.1. The molecule has 8 nitrogen and oxygen atoms in total. The minimum absolute atomic E-state index is 0.0186. The molecule has 0 radical (unpaired) electrons. The lowest BCUT2D eigenvalue weighted by Crippen LogP contribution is -2.29. The number of hydrogen-bond acceptors (Lipinski definition) is 8. The van der Waals surface area contributed by atoms with E-state index in [9.17, 15) is 0 Å². The van der Waals surface area contributed by atoms with Gasteiger partial charge in [0.25, 0.3) is 0 Å². The van der Waals surface area contributed by atoms with E-state index in [0.29, 0.717) is 23.4 Å². The van der Waals surface area contributed by atoms with Gasteiger partial charge in [-0.3, -0.25) is 9.29 Å². The highest BCUT2D eigenvalue weighted by molar-refractivity contribution is 8.01. The highest BCUT2D eigenvalue weighted by atomic mass is 35.5. The standard InChI is InChI=1S/C19H27ClN6O2S/c1-12(15(28-3)16-21-9-14(20)10-22-16)29-25-18-24-23-17(13-5-4-6-13)26(18)19(7-8-19)11-27-2/h9-10,12-13,15H,4-8,11H2,1-3H3,(H,24,25). The molecule has 0 aromatic carbocycles. The third-order valence-electron chi connectivity index (χ3n) is 5.78. The first-order valence-corrected chi connectivity index (χ1v) is 11.2. The minimum Gasteiger partial charge on any atom is -0.382 e. The van der Waals surface area contributed by atoms with Crippen LogP contribution in [0.4, 0.5) is 5.95 Å². The molecule has 2 unspecified atom stereocenters. The van der Waals surface area contributed by atoms with Crippen molar-refractivity contribution < 1.29 is 9.47 Å². The second-order valence-corrected chi connectivity index (χ2v) is 9.46. The summed E-state index contributed by atoms with van der Waals surface area (Å²) in [6.45, 7) is 2.75. The summed E-state index contributed by atoms with van der Waals surface area (Å²) in [6, 6.07) is 0. The molecular formula is C19H27ClN6O2S. The predicted octanol–water partition coefficient (Wildman–Crippen LogP) is 3.96. The Morgan fingerprint density at radius 2 is 2.00 bits per heavy atom. The monoisotopic (exact) mass is 438 g/mol. The maximum atomic E-state index is 5.90. The molecular weight excluding hydrogens is 412 g/mol. The molecule has 0 aliphatic heterocycles. The maximum absolute atomic E-state index is 5.90. The summed E-state index contributed by atoms with van der Waals surface area (Å²) in [5.41, 5.74) is -0.0186. The van der Waals surface area contributed by atoms with Crippen LogP contribution >= 0.6 is 23.5 Å². The van der Waals surface area contributed by atoms with Gasteiger partial charge in [-0.1, -0.05) is 18.0 Å². The Hall–Kier alpha value is -1.42. The van der Waals surface area contributed by atoms with Crippen LogP contribution in [0.3, 0.4) is 0 Å². The lowest BCUT2D eigenvalue weighted by molar-refractivity contribution is 0.0972. The summed E-state index contributed by atoms with van der Waals surface area (Å²) in [5.74, 6) is 2.98. The fourth-order valence-electron chi connectivity index (χ4n) is 3.79. The van der Waals surface area contributed by atoms with Crippen LogP contribution in [0.2, 0.25) is 5.02 Å². The molecule has 0 bridgehead atoms. The molecule has 158 valence electrons. The second kappa shape index (κ2) is 8.75. The van der Waals surface area contributed by atoms with Crippen molar-refractivity contribution in [2.75, 3.05) is 25.5 Å². The highest BCUT2D eigenvalue weighted by Crippen LogP contribution is 2.49. The average Bonchev–Trinajstić information content (AvgIpc) is 3.32. The summed E-state index contributed by atoms with van der Waals surface area (Å²) in [4.78, 5) is 8.61. The number of aromatic nitrogens is 5. The van der Waals surface area contributed by atoms with E-state index < -0.39 is 0 Å². The van der Waals surface area contributed by atoms with E-state index in [4.69, 9.17) is 21.1 Å². The van der Waals surface area contributed by atoms with E-state index in [1.54, 1.807) is 26.6 Å². The Morgan fingerprint density at radius 3 is 2.55 bits per heavy atom. The quantitative estimate of drug-likeness (QED) is 0.557. The van der Waals surface area contributed by atoms with Crippen LogP contribution in [0.25, 0.3) is 0 Å². The summed E-state index contributed by atoms with van der Waals surface area (Å²) in [6.07, 6.45) is 8.71. The number of halogens is 1. The van der Waals surface area contributed by atoms with Crippen LogP contribution < -0.4 is 4.72 Å². The van der Waals surface area contributed by atoms with Crippen molar-refractivity contribution in [3.63, 3.8) is 0 Å². The van der Waals surface area contributed by atoms with E-state index in [1.165, 1.54) is 31.2 Å². The molecule has 2 fully saturated rings. The van der Waals surface area contributed by atoms with Crippen LogP contribution in [0.15, 0.2) is 12.4 Å². The van der Waals surface area contributed by atoms with Crippen LogP contribution in [0, 0.1) is 0 Å². The van der Waals surface area contributed by atoms with Crippen LogP contribution in [0.1, 0.15) is 62.7 Å². The molecule has 0 amide bonds. The zero-order chi connectivity index (χ0) is 20.4. The molecule has 29 heavy (non-hydrogen) atoms. The predicted molar refractivity (Wildman–Crippen MR) is 113 cm³/mol. The largest absolute Gasteiger partial charge is 0.382 e. The first-order valence-electron chi connectivity index (χ1n) is 9.94. The molecule has 2 aliphatic rings. The molecule has 2 heterocycles. The second-order valence-electron chi connectivity index (χ2n) is 7.84. The number of nitrogens with one attached hydrogen (secondary N) is 1. The minimum atomic E-state index is -0.277. The van der Waals surface area contributed by atoms with Crippen LogP contribution in [-0.4, -0.2) is 50.8 Å². The van der Waals surface area contributed by atoms with Crippen molar-refractivity contribution in [2.45, 2.75) is 61.8 Å². The number of methoxy groups -OCH3 is 2. The summed E-state index contributed by atoms with van der Waals surface area (Å²) >= 11 is 7.44. The van der Waals surface area contributed by atoms with Gasteiger partial charge in [-0.2, -0.15) is 0 Å². The van der Waals surface area contributed by atoms with E-state index in [1.807, 2.05) is 0 Å². The zero-order valence-electron chi connectivity index (χ0n) is 17.0. The molecule has 10 heteroatoms. The van der Waals surface area contributed by atoms with Crippen molar-refractivity contribution in [1.29, 1.82) is 0 Å². The van der Waals surface area contributed by atoms with Crippen molar-refractivity contribution in [1.82, 2.24) is 24.7 Å². The molecule has 2 aliphatic carbocycles. The molecule has 2 aromatic rings. The van der Waals surface area contributed by atoms with Gasteiger partial charge in [-0.15, -0.1) is 10.2 Å². The van der Waals surface area contributed by atoms with Gasteiger partial charge in [0.2, 0.25) is 5.95 Å². The summed E-state index contributed by atoms with van der Waals surface area (Å²) in [5, 5.41) is 9.58. The van der Waals surface area contributed by atoms with Gasteiger partial charge in [0, 0.05) is 32.5 Å². The maximum Gasteiger partial charge on any atom is 0.235 e. The Bertz CT molecular complexity index is 825. The van der Waals surface area contributed by atoms with Gasteiger partial charge >= 0.3 is 0 Å². The first kappa shape index (κ1) is 20.8. The fourth-order valence-corrected chi connectivity index (χ4v) is 4.67. The van der Waals surface area contributed by atoms with Crippen LogP contribution in [0.5, 0.6) is 0 Å². The Morgan fingerprint density at radius 1 is 1.28 bits per heavy atom. The third kappa shape index (κ3) is 4.23. The zero-order valence-corrected chi connectivity index (χ0v) is 18.5. The lowest BCUT2D eigenvalue weighted by Gasteiger charge is -2.29. The van der Waals surface area contributed by atoms with Gasteiger partial charge in [0.05, 0.1) is 22.4 Å². The molecule has 2 saturated carbocycles.